The van der Waals surface area contributed by atoms with Crippen LogP contribution in [0.1, 0.15) is 202 Å². The predicted octanol–water partition coefficient (Wildman–Crippen LogP) is 14.7. The van der Waals surface area contributed by atoms with E-state index >= 15 is 0 Å². The Morgan fingerprint density at radius 2 is 1.21 bits per heavy atom. The minimum atomic E-state index is 0.336. The maximum absolute atomic E-state index is 13.0. The van der Waals surface area contributed by atoms with Gasteiger partial charge in [0.15, 0.2) is 0 Å². The number of allylic oxidation sites excluding steroid dienone is 8. The second-order valence-electron chi connectivity index (χ2n) is 17.1. The molecular formula is C52H90N2O3S. The van der Waals surface area contributed by atoms with Crippen LogP contribution in [0, 0.1) is 0 Å². The average molecular weight is 823 g/mol. The molecular weight excluding hydrogens is 733 g/mol. The van der Waals surface area contributed by atoms with Gasteiger partial charge in [0.05, 0.1) is 13.2 Å². The third-order valence-electron chi connectivity index (χ3n) is 11.3. The molecule has 58 heavy (non-hydrogen) atoms. The zero-order valence-electron chi connectivity index (χ0n) is 38.4. The van der Waals surface area contributed by atoms with E-state index in [9.17, 15) is 4.79 Å². The number of carbonyl (C=O) groups excluding carboxylic acids is 1. The van der Waals surface area contributed by atoms with Gasteiger partial charge in [-0.1, -0.05) is 133 Å². The van der Waals surface area contributed by atoms with Crippen molar-refractivity contribution in [3.8, 4) is 0 Å². The van der Waals surface area contributed by atoms with Crippen molar-refractivity contribution in [2.45, 2.75) is 207 Å². The van der Waals surface area contributed by atoms with Crippen molar-refractivity contribution < 1.29 is 14.3 Å². The summed E-state index contributed by atoms with van der Waals surface area (Å²) < 4.78 is 11.9. The molecule has 332 valence electrons. The minimum absolute atomic E-state index is 0.336. The molecule has 0 unspecified atom stereocenters. The van der Waals surface area contributed by atoms with Crippen LogP contribution in [0.25, 0.3) is 0 Å². The van der Waals surface area contributed by atoms with E-state index in [1.165, 1.54) is 156 Å². The average Bonchev–Trinajstić information content (AvgIpc) is 3.57. The van der Waals surface area contributed by atoms with Crippen molar-refractivity contribution in [3.63, 3.8) is 0 Å². The Kier molecular flexibility index (Phi) is 34.4. The summed E-state index contributed by atoms with van der Waals surface area (Å²) in [5, 5.41) is 0. The van der Waals surface area contributed by atoms with E-state index in [-0.39, 0.29) is 0 Å². The zero-order valence-corrected chi connectivity index (χ0v) is 39.2. The fourth-order valence-corrected chi connectivity index (χ4v) is 9.12. The van der Waals surface area contributed by atoms with Crippen molar-refractivity contribution in [2.24, 2.45) is 0 Å². The molecule has 0 saturated carbocycles. The SMILES string of the molecule is CCCCC/C=C\C/C=C\CCCCCCCCN1CCc2c(sc(CCC(=O)CCCCCCC/C=C\C/C=C\CCCCC)c2COCOCCCN(C)C)C1. The van der Waals surface area contributed by atoms with Crippen LogP contribution in [-0.2, 0) is 40.3 Å². The number of fused-ring (bicyclic) bond motifs is 1. The van der Waals surface area contributed by atoms with Gasteiger partial charge < -0.3 is 14.4 Å². The third kappa shape index (κ3) is 28.6. The lowest BCUT2D eigenvalue weighted by molar-refractivity contribution is -0.119. The lowest BCUT2D eigenvalue weighted by atomic mass is 9.99. The monoisotopic (exact) mass is 823 g/mol. The van der Waals surface area contributed by atoms with Gasteiger partial charge in [0.2, 0.25) is 0 Å². The molecule has 1 aliphatic heterocycles. The number of aryl methyl sites for hydroxylation is 1. The van der Waals surface area contributed by atoms with Gasteiger partial charge in [0.25, 0.3) is 0 Å². The summed E-state index contributed by atoms with van der Waals surface area (Å²) in [4.78, 5) is 20.8. The van der Waals surface area contributed by atoms with E-state index in [4.69, 9.17) is 9.47 Å². The number of rotatable bonds is 40. The molecule has 6 heteroatoms. The quantitative estimate of drug-likeness (QED) is 0.0375. The Bertz CT molecular complexity index is 1230. The van der Waals surface area contributed by atoms with Crippen molar-refractivity contribution >= 4 is 17.1 Å². The van der Waals surface area contributed by atoms with Gasteiger partial charge in [0, 0.05) is 35.7 Å². The fourth-order valence-electron chi connectivity index (χ4n) is 7.72. The maximum atomic E-state index is 13.0. The molecule has 0 atom stereocenters. The van der Waals surface area contributed by atoms with E-state index in [1.807, 2.05) is 11.3 Å². The number of hydrogen-bond donors (Lipinski definition) is 0. The molecule has 2 rings (SSSR count). The maximum Gasteiger partial charge on any atom is 0.147 e. The lowest BCUT2D eigenvalue weighted by Crippen LogP contribution is -2.30. The van der Waals surface area contributed by atoms with Gasteiger partial charge in [-0.25, -0.2) is 0 Å². The topological polar surface area (TPSA) is 42.0 Å². The van der Waals surface area contributed by atoms with Gasteiger partial charge in [-0.05, 0) is 135 Å². The number of unbranched alkanes of at least 4 members (excludes halogenated alkanes) is 17. The molecule has 0 radical (unpaired) electrons. The summed E-state index contributed by atoms with van der Waals surface area (Å²) in [6.45, 7) is 10.6. The van der Waals surface area contributed by atoms with Crippen LogP contribution in [0.5, 0.6) is 0 Å². The smallest absolute Gasteiger partial charge is 0.147 e. The second kappa shape index (κ2) is 38.1. The molecule has 0 saturated heterocycles. The van der Waals surface area contributed by atoms with E-state index in [0.717, 1.165) is 71.2 Å². The van der Waals surface area contributed by atoms with Gasteiger partial charge in [-0.2, -0.15) is 0 Å². The first-order valence-corrected chi connectivity index (χ1v) is 25.1. The summed E-state index contributed by atoms with van der Waals surface area (Å²) in [5.74, 6) is 0.423. The predicted molar refractivity (Wildman–Crippen MR) is 254 cm³/mol. The third-order valence-corrected chi connectivity index (χ3v) is 12.7. The second-order valence-corrected chi connectivity index (χ2v) is 18.3. The van der Waals surface area contributed by atoms with Crippen LogP contribution < -0.4 is 0 Å². The molecule has 1 aromatic rings. The molecule has 0 bridgehead atoms. The van der Waals surface area contributed by atoms with E-state index < -0.39 is 0 Å². The molecule has 0 spiro atoms. The van der Waals surface area contributed by atoms with Crippen LogP contribution in [0.15, 0.2) is 48.6 Å². The van der Waals surface area contributed by atoms with Gasteiger partial charge >= 0.3 is 0 Å². The van der Waals surface area contributed by atoms with Gasteiger partial charge in [-0.3, -0.25) is 9.69 Å². The van der Waals surface area contributed by atoms with Crippen LogP contribution in [-0.4, -0.2) is 62.7 Å². The van der Waals surface area contributed by atoms with Crippen molar-refractivity contribution in [1.29, 1.82) is 0 Å². The number of carbonyl (C=O) groups is 1. The van der Waals surface area contributed by atoms with E-state index in [2.05, 4.69) is 86.4 Å². The first kappa shape index (κ1) is 52.3. The molecule has 5 nitrogen and oxygen atoms in total. The standard InChI is InChI=1S/C52H90N2O3S/c1-5-7-9-11-13-15-17-19-21-23-25-27-29-31-33-35-42-54-43-40-49-50(46-57-47-56-44-36-41-53(3)4)51(58-52(49)45-54)39-38-48(55)37-34-32-30-28-26-24-22-20-18-16-14-12-10-8-6-2/h13-16,19-22H,5-12,17-18,23-47H2,1-4H3/b15-13-,16-14-,21-19-,22-20-. The van der Waals surface area contributed by atoms with Crippen LogP contribution in [0.4, 0.5) is 0 Å². The Morgan fingerprint density at radius 1 is 0.655 bits per heavy atom. The van der Waals surface area contributed by atoms with Crippen LogP contribution in [0.3, 0.4) is 0 Å². The highest BCUT2D eigenvalue weighted by molar-refractivity contribution is 7.12. The fraction of sp³-hybridized carbons (Fsp3) is 0.750. The van der Waals surface area contributed by atoms with Gasteiger partial charge in [-0.15, -0.1) is 11.3 Å². The summed E-state index contributed by atoms with van der Waals surface area (Å²) in [6, 6.07) is 0. The molecule has 0 fully saturated rings. The highest BCUT2D eigenvalue weighted by Gasteiger charge is 2.24. The van der Waals surface area contributed by atoms with E-state index in [1.54, 1.807) is 0 Å². The van der Waals surface area contributed by atoms with Crippen LogP contribution in [0.2, 0.25) is 0 Å². The van der Waals surface area contributed by atoms with Crippen molar-refractivity contribution in [3.05, 3.63) is 69.5 Å². The number of nitrogens with zero attached hydrogens (tertiary/aromatic N) is 2. The highest BCUT2D eigenvalue weighted by atomic mass is 32.1. The Labute approximate surface area is 363 Å². The van der Waals surface area contributed by atoms with Crippen molar-refractivity contribution in [2.75, 3.05) is 47.1 Å². The first-order chi connectivity index (χ1) is 28.5. The number of ether oxygens (including phenoxy) is 2. The molecule has 1 aromatic heterocycles. The summed E-state index contributed by atoms with van der Waals surface area (Å²) in [6.07, 6.45) is 52.0. The normalized spacial score (nSPS) is 13.8. The minimum Gasteiger partial charge on any atom is -0.355 e. The molecule has 0 aliphatic carbocycles. The van der Waals surface area contributed by atoms with Crippen LogP contribution >= 0.6 is 11.3 Å². The summed E-state index contributed by atoms with van der Waals surface area (Å²) in [5.41, 5.74) is 2.86. The molecule has 0 N–H and O–H groups in total. The number of thiophene rings is 1. The number of hydrogen-bond acceptors (Lipinski definition) is 6. The zero-order chi connectivity index (χ0) is 41.6. The first-order valence-electron chi connectivity index (χ1n) is 24.3. The Morgan fingerprint density at radius 3 is 1.79 bits per heavy atom. The molecule has 0 aromatic carbocycles. The molecule has 1 aliphatic rings. The van der Waals surface area contributed by atoms with Crippen molar-refractivity contribution in [1.82, 2.24) is 9.80 Å². The Hall–Kier alpha value is -1.83. The molecule has 2 heterocycles. The summed E-state index contributed by atoms with van der Waals surface area (Å²) >= 11 is 1.96. The van der Waals surface area contributed by atoms with E-state index in [0.29, 0.717) is 25.6 Å². The Balaban J connectivity index is 1.67. The largest absolute Gasteiger partial charge is 0.355 e. The lowest BCUT2D eigenvalue weighted by Gasteiger charge is -2.27. The number of ketones is 1. The number of Topliss-reactive ketones (excluding diaryl/α,β-unsaturated/α-hetero) is 1. The highest BCUT2D eigenvalue weighted by Crippen LogP contribution is 2.35. The summed E-state index contributed by atoms with van der Waals surface area (Å²) in [7, 11) is 4.19. The molecule has 0 amide bonds. The van der Waals surface area contributed by atoms with Gasteiger partial charge in [0.1, 0.15) is 12.6 Å².